The first-order valence-electron chi connectivity index (χ1n) is 8.08. The van der Waals surface area contributed by atoms with E-state index < -0.39 is 35.1 Å². The van der Waals surface area contributed by atoms with E-state index in [2.05, 4.69) is 5.32 Å². The Balaban J connectivity index is 1.82. The molecule has 2 aromatic carbocycles. The molecule has 0 fully saturated rings. The molecule has 1 amide bonds. The Morgan fingerprint density at radius 1 is 1.07 bits per heavy atom. The molecule has 0 aliphatic carbocycles. The lowest BCUT2D eigenvalue weighted by Crippen LogP contribution is -2.35. The second-order valence-electron chi connectivity index (χ2n) is 5.74. The molecule has 0 radical (unpaired) electrons. The monoisotopic (exact) mass is 444 g/mol. The molecule has 1 N–H and O–H groups in total. The fourth-order valence-corrected chi connectivity index (χ4v) is 3.58. The van der Waals surface area contributed by atoms with Gasteiger partial charge in [-0.1, -0.05) is 41.4 Å². The van der Waals surface area contributed by atoms with Crippen molar-refractivity contribution in [1.82, 2.24) is 9.62 Å². The molecule has 0 aromatic heterocycles. The summed E-state index contributed by atoms with van der Waals surface area (Å²) in [6.07, 6.45) is 0. The number of esters is 1. The van der Waals surface area contributed by atoms with E-state index in [0.717, 1.165) is 9.87 Å². The Hall–Kier alpha value is -2.13. The molecule has 0 saturated heterocycles. The molecule has 0 aliphatic rings. The van der Waals surface area contributed by atoms with Gasteiger partial charge in [-0.05, 0) is 35.9 Å². The Bertz CT molecular complexity index is 949. The van der Waals surface area contributed by atoms with Crippen molar-refractivity contribution in [1.29, 1.82) is 0 Å². The van der Waals surface area contributed by atoms with Crippen molar-refractivity contribution in [3.8, 4) is 0 Å². The molecule has 0 unspecified atom stereocenters. The summed E-state index contributed by atoms with van der Waals surface area (Å²) in [6, 6.07) is 12.5. The first-order valence-corrected chi connectivity index (χ1v) is 10.3. The summed E-state index contributed by atoms with van der Waals surface area (Å²) in [5.41, 5.74) is 0.720. The minimum Gasteiger partial charge on any atom is -0.455 e. The van der Waals surface area contributed by atoms with E-state index in [1.807, 2.05) is 0 Å². The standard InChI is InChI=1S/C18H18Cl2N2O5S/c1-22(28(25,26)15-8-6-14(19)7-9-15)11-18(24)27-12-17(23)21-10-13-4-2-3-5-16(13)20/h2-9H,10-12H2,1H3,(H,21,23). The van der Waals surface area contributed by atoms with E-state index in [-0.39, 0.29) is 11.4 Å². The number of halogens is 2. The average molecular weight is 445 g/mol. The van der Waals surface area contributed by atoms with Crippen molar-refractivity contribution >= 4 is 45.1 Å². The van der Waals surface area contributed by atoms with Gasteiger partial charge in [-0.3, -0.25) is 9.59 Å². The highest BCUT2D eigenvalue weighted by molar-refractivity contribution is 7.89. The molecule has 10 heteroatoms. The van der Waals surface area contributed by atoms with Crippen molar-refractivity contribution in [2.45, 2.75) is 11.4 Å². The van der Waals surface area contributed by atoms with Crippen LogP contribution in [-0.2, 0) is 30.9 Å². The van der Waals surface area contributed by atoms with Gasteiger partial charge in [-0.15, -0.1) is 0 Å². The predicted molar refractivity (Wildman–Crippen MR) is 106 cm³/mol. The van der Waals surface area contributed by atoms with Gasteiger partial charge in [0.2, 0.25) is 10.0 Å². The van der Waals surface area contributed by atoms with E-state index >= 15 is 0 Å². The third-order valence-corrected chi connectivity index (χ3v) is 6.11. The number of carbonyl (C=O) groups excluding carboxylic acids is 2. The van der Waals surface area contributed by atoms with Crippen LogP contribution in [0.1, 0.15) is 5.56 Å². The first-order chi connectivity index (χ1) is 13.2. The van der Waals surface area contributed by atoms with Gasteiger partial charge in [0.1, 0.15) is 6.54 Å². The van der Waals surface area contributed by atoms with E-state index in [4.69, 9.17) is 27.9 Å². The highest BCUT2D eigenvalue weighted by Gasteiger charge is 2.23. The summed E-state index contributed by atoms with van der Waals surface area (Å²) in [5.74, 6) is -1.38. The number of nitrogens with one attached hydrogen (secondary N) is 1. The zero-order valence-electron chi connectivity index (χ0n) is 14.9. The van der Waals surface area contributed by atoms with Crippen LogP contribution in [0.15, 0.2) is 53.4 Å². The molecule has 7 nitrogen and oxygen atoms in total. The molecule has 150 valence electrons. The first kappa shape index (κ1) is 22.2. The molecule has 0 atom stereocenters. The van der Waals surface area contributed by atoms with E-state index in [1.54, 1.807) is 24.3 Å². The Kier molecular flexibility index (Phi) is 7.82. The van der Waals surface area contributed by atoms with Crippen molar-refractivity contribution in [3.05, 3.63) is 64.1 Å². The van der Waals surface area contributed by atoms with E-state index in [0.29, 0.717) is 10.0 Å². The number of carbonyl (C=O) groups is 2. The van der Waals surface area contributed by atoms with E-state index in [9.17, 15) is 18.0 Å². The van der Waals surface area contributed by atoms with Crippen LogP contribution in [0.3, 0.4) is 0 Å². The minimum atomic E-state index is -3.88. The van der Waals surface area contributed by atoms with Gasteiger partial charge in [0.05, 0.1) is 4.90 Å². The van der Waals surface area contributed by atoms with Gasteiger partial charge < -0.3 is 10.1 Å². The number of hydrogen-bond acceptors (Lipinski definition) is 5. The fourth-order valence-electron chi connectivity index (χ4n) is 2.13. The number of likely N-dealkylation sites (N-methyl/N-ethyl adjacent to an activating group) is 1. The van der Waals surface area contributed by atoms with Crippen LogP contribution in [0, 0.1) is 0 Å². The molecule has 2 rings (SSSR count). The molecular formula is C18H18Cl2N2O5S. The predicted octanol–water partition coefficient (Wildman–Crippen LogP) is 2.47. The average Bonchev–Trinajstić information content (AvgIpc) is 2.66. The number of ether oxygens (including phenoxy) is 1. The number of benzene rings is 2. The van der Waals surface area contributed by atoms with Crippen LogP contribution in [0.25, 0.3) is 0 Å². The van der Waals surface area contributed by atoms with Crippen LogP contribution >= 0.6 is 23.2 Å². The Morgan fingerprint density at radius 3 is 2.36 bits per heavy atom. The lowest BCUT2D eigenvalue weighted by molar-refractivity contribution is -0.148. The highest BCUT2D eigenvalue weighted by Crippen LogP contribution is 2.17. The lowest BCUT2D eigenvalue weighted by Gasteiger charge is -2.16. The number of sulfonamides is 1. The number of amides is 1. The number of nitrogens with zero attached hydrogens (tertiary/aromatic N) is 1. The van der Waals surface area contributed by atoms with Gasteiger partial charge >= 0.3 is 5.97 Å². The maximum atomic E-state index is 12.4. The van der Waals surface area contributed by atoms with E-state index in [1.165, 1.54) is 31.3 Å². The molecule has 2 aromatic rings. The summed E-state index contributed by atoms with van der Waals surface area (Å²) < 4.78 is 30.4. The summed E-state index contributed by atoms with van der Waals surface area (Å²) in [7, 11) is -2.64. The third-order valence-electron chi connectivity index (χ3n) is 3.67. The molecular weight excluding hydrogens is 427 g/mol. The fraction of sp³-hybridized carbons (Fsp3) is 0.222. The quantitative estimate of drug-likeness (QED) is 0.631. The summed E-state index contributed by atoms with van der Waals surface area (Å²) in [6.45, 7) is -0.887. The van der Waals surface area contributed by atoms with Gasteiger partial charge in [-0.2, -0.15) is 4.31 Å². The van der Waals surface area contributed by atoms with Crippen LogP contribution in [0.4, 0.5) is 0 Å². The van der Waals surface area contributed by atoms with Crippen LogP contribution in [0.2, 0.25) is 10.0 Å². The Morgan fingerprint density at radius 2 is 1.71 bits per heavy atom. The molecule has 0 aliphatic heterocycles. The van der Waals surface area contributed by atoms with Crippen molar-refractivity contribution < 1.29 is 22.7 Å². The summed E-state index contributed by atoms with van der Waals surface area (Å²) in [4.78, 5) is 23.7. The highest BCUT2D eigenvalue weighted by atomic mass is 35.5. The van der Waals surface area contributed by atoms with Crippen LogP contribution < -0.4 is 5.32 Å². The topological polar surface area (TPSA) is 92.8 Å². The zero-order chi connectivity index (χ0) is 20.7. The molecule has 0 heterocycles. The van der Waals surface area contributed by atoms with Crippen molar-refractivity contribution in [3.63, 3.8) is 0 Å². The van der Waals surface area contributed by atoms with Crippen LogP contribution in [0.5, 0.6) is 0 Å². The number of rotatable bonds is 8. The third kappa shape index (κ3) is 6.20. The van der Waals surface area contributed by atoms with Gasteiger partial charge in [0.15, 0.2) is 6.61 Å². The second kappa shape index (κ2) is 9.88. The lowest BCUT2D eigenvalue weighted by atomic mass is 10.2. The van der Waals surface area contributed by atoms with Gasteiger partial charge in [0.25, 0.3) is 5.91 Å². The van der Waals surface area contributed by atoms with Crippen molar-refractivity contribution in [2.24, 2.45) is 0 Å². The van der Waals surface area contributed by atoms with Crippen molar-refractivity contribution in [2.75, 3.05) is 20.2 Å². The number of hydrogen-bond donors (Lipinski definition) is 1. The smallest absolute Gasteiger partial charge is 0.321 e. The minimum absolute atomic E-state index is 0.00955. The van der Waals surface area contributed by atoms with Gasteiger partial charge in [-0.25, -0.2) is 8.42 Å². The zero-order valence-corrected chi connectivity index (χ0v) is 17.2. The largest absolute Gasteiger partial charge is 0.455 e. The molecule has 28 heavy (non-hydrogen) atoms. The van der Waals surface area contributed by atoms with Gasteiger partial charge in [0, 0.05) is 23.6 Å². The maximum Gasteiger partial charge on any atom is 0.321 e. The second-order valence-corrected chi connectivity index (χ2v) is 8.63. The molecule has 0 saturated carbocycles. The maximum absolute atomic E-state index is 12.4. The van der Waals surface area contributed by atoms with Crippen LogP contribution in [-0.4, -0.2) is 44.8 Å². The SMILES string of the molecule is CN(CC(=O)OCC(=O)NCc1ccccc1Cl)S(=O)(=O)c1ccc(Cl)cc1. The molecule has 0 spiro atoms. The summed E-state index contributed by atoms with van der Waals surface area (Å²) in [5, 5.41) is 3.47. The molecule has 0 bridgehead atoms. The Labute approximate surface area is 173 Å². The summed E-state index contributed by atoms with van der Waals surface area (Å²) >= 11 is 11.7. The normalized spacial score (nSPS) is 11.3.